The molecule has 1 aliphatic carbocycles. The minimum atomic E-state index is 0.133. The standard InChI is InChI=1S/C23H28ClN3O2/c1-27-13-12-23(16-4-9-20(28-2)21(14-16)29-3)11-10-19(15-22(23)27)26-25-18-7-5-17(24)6-8-18/h4-9,14,22,25H,10-13,15H2,1-3H3/b26-19+/t22-,23-/m0/s1. The number of benzene rings is 2. The van der Waals surface area contributed by atoms with Crippen LogP contribution in [0.1, 0.15) is 31.2 Å². The molecule has 1 heterocycles. The molecule has 2 aliphatic rings. The van der Waals surface area contributed by atoms with Gasteiger partial charge >= 0.3 is 0 Å². The Kier molecular flexibility index (Phi) is 5.70. The van der Waals surface area contributed by atoms with Crippen LogP contribution in [0.3, 0.4) is 0 Å². The van der Waals surface area contributed by atoms with Crippen LogP contribution in [0.5, 0.6) is 11.5 Å². The summed E-state index contributed by atoms with van der Waals surface area (Å²) in [4.78, 5) is 2.48. The first kappa shape index (κ1) is 20.0. The van der Waals surface area contributed by atoms with Gasteiger partial charge in [-0.2, -0.15) is 5.10 Å². The summed E-state index contributed by atoms with van der Waals surface area (Å²) < 4.78 is 11.0. The first-order chi connectivity index (χ1) is 14.1. The van der Waals surface area contributed by atoms with E-state index in [0.717, 1.165) is 54.4 Å². The van der Waals surface area contributed by atoms with Crippen molar-refractivity contribution in [3.05, 3.63) is 53.1 Å². The Morgan fingerprint density at radius 3 is 2.55 bits per heavy atom. The lowest BCUT2D eigenvalue weighted by Gasteiger charge is -2.42. The largest absolute Gasteiger partial charge is 0.493 e. The van der Waals surface area contributed by atoms with Gasteiger partial charge in [0.15, 0.2) is 11.5 Å². The van der Waals surface area contributed by atoms with Crippen LogP contribution in [0, 0.1) is 0 Å². The Labute approximate surface area is 177 Å². The summed E-state index contributed by atoms with van der Waals surface area (Å²) in [5.41, 5.74) is 6.84. The summed E-state index contributed by atoms with van der Waals surface area (Å²) in [5.74, 6) is 1.58. The summed E-state index contributed by atoms with van der Waals surface area (Å²) in [7, 11) is 5.60. The van der Waals surface area contributed by atoms with Crippen LogP contribution in [0.4, 0.5) is 5.69 Å². The molecule has 6 heteroatoms. The Hall–Kier alpha value is -2.24. The third kappa shape index (κ3) is 3.81. The number of hydrazone groups is 1. The molecular weight excluding hydrogens is 386 g/mol. The Morgan fingerprint density at radius 1 is 1.07 bits per heavy atom. The maximum absolute atomic E-state index is 5.97. The van der Waals surface area contributed by atoms with Crippen molar-refractivity contribution < 1.29 is 9.47 Å². The summed E-state index contributed by atoms with van der Waals surface area (Å²) in [6.45, 7) is 1.09. The second kappa shape index (κ2) is 8.25. The van der Waals surface area contributed by atoms with E-state index in [1.807, 2.05) is 30.3 Å². The average molecular weight is 414 g/mol. The highest BCUT2D eigenvalue weighted by molar-refractivity contribution is 6.30. The van der Waals surface area contributed by atoms with Gasteiger partial charge in [-0.15, -0.1) is 0 Å². The van der Waals surface area contributed by atoms with E-state index >= 15 is 0 Å². The highest BCUT2D eigenvalue weighted by atomic mass is 35.5. The molecule has 2 atom stereocenters. The molecule has 0 amide bonds. The molecule has 4 rings (SSSR count). The molecule has 1 saturated carbocycles. The van der Waals surface area contributed by atoms with E-state index in [9.17, 15) is 0 Å². The smallest absolute Gasteiger partial charge is 0.161 e. The summed E-state index contributed by atoms with van der Waals surface area (Å²) in [5, 5.41) is 5.45. The van der Waals surface area contributed by atoms with Crippen LogP contribution in [0.25, 0.3) is 0 Å². The Morgan fingerprint density at radius 2 is 1.83 bits per heavy atom. The molecule has 29 heavy (non-hydrogen) atoms. The molecule has 0 aromatic heterocycles. The Balaban J connectivity index is 1.57. The van der Waals surface area contributed by atoms with E-state index in [-0.39, 0.29) is 5.41 Å². The molecule has 0 unspecified atom stereocenters. The van der Waals surface area contributed by atoms with Crippen molar-refractivity contribution in [2.45, 2.75) is 37.1 Å². The van der Waals surface area contributed by atoms with E-state index in [1.165, 1.54) is 11.3 Å². The number of ether oxygens (including phenoxy) is 2. The normalized spacial score (nSPS) is 25.7. The zero-order valence-electron chi connectivity index (χ0n) is 17.2. The van der Waals surface area contributed by atoms with Gasteiger partial charge in [0.1, 0.15) is 0 Å². The van der Waals surface area contributed by atoms with Crippen LogP contribution in [-0.4, -0.2) is 44.5 Å². The van der Waals surface area contributed by atoms with Gasteiger partial charge in [-0.1, -0.05) is 17.7 Å². The van der Waals surface area contributed by atoms with Crippen molar-refractivity contribution in [3.8, 4) is 11.5 Å². The van der Waals surface area contributed by atoms with Gasteiger partial charge in [-0.05, 0) is 74.8 Å². The number of hydrogen-bond acceptors (Lipinski definition) is 5. The summed E-state index contributed by atoms with van der Waals surface area (Å²) >= 11 is 5.97. The van der Waals surface area contributed by atoms with Gasteiger partial charge in [0, 0.05) is 28.6 Å². The molecule has 0 bridgehead atoms. The Bertz CT molecular complexity index is 899. The lowest BCUT2D eigenvalue weighted by Crippen LogP contribution is -2.46. The van der Waals surface area contributed by atoms with Crippen LogP contribution >= 0.6 is 11.6 Å². The maximum atomic E-state index is 5.97. The molecule has 2 aromatic carbocycles. The molecule has 2 aromatic rings. The average Bonchev–Trinajstić information content (AvgIpc) is 3.10. The number of likely N-dealkylation sites (N-methyl/N-ethyl adjacent to an activating group) is 1. The minimum absolute atomic E-state index is 0.133. The van der Waals surface area contributed by atoms with Gasteiger partial charge in [0.05, 0.1) is 19.9 Å². The zero-order chi connectivity index (χ0) is 20.4. The van der Waals surface area contributed by atoms with E-state index in [4.69, 9.17) is 26.2 Å². The number of anilines is 1. The monoisotopic (exact) mass is 413 g/mol. The van der Waals surface area contributed by atoms with E-state index in [1.54, 1.807) is 14.2 Å². The number of nitrogens with zero attached hydrogens (tertiary/aromatic N) is 2. The number of likely N-dealkylation sites (tertiary alicyclic amines) is 1. The van der Waals surface area contributed by atoms with E-state index in [2.05, 4.69) is 29.5 Å². The molecule has 2 fully saturated rings. The fourth-order valence-corrected chi connectivity index (χ4v) is 4.98. The van der Waals surface area contributed by atoms with Gasteiger partial charge < -0.3 is 14.4 Å². The second-order valence-corrected chi connectivity index (χ2v) is 8.41. The predicted octanol–water partition coefficient (Wildman–Crippen LogP) is 4.95. The van der Waals surface area contributed by atoms with Crippen molar-refractivity contribution in [3.63, 3.8) is 0 Å². The lowest BCUT2D eigenvalue weighted by molar-refractivity contribution is 0.226. The van der Waals surface area contributed by atoms with Crippen molar-refractivity contribution >= 4 is 23.0 Å². The number of nitrogens with one attached hydrogen (secondary N) is 1. The van der Waals surface area contributed by atoms with E-state index < -0.39 is 0 Å². The zero-order valence-corrected chi connectivity index (χ0v) is 18.0. The highest BCUT2D eigenvalue weighted by Gasteiger charge is 2.49. The highest BCUT2D eigenvalue weighted by Crippen LogP contribution is 2.49. The van der Waals surface area contributed by atoms with Crippen molar-refractivity contribution in [1.29, 1.82) is 0 Å². The summed E-state index contributed by atoms with van der Waals surface area (Å²) in [6, 6.07) is 14.5. The van der Waals surface area contributed by atoms with Gasteiger partial charge in [0.25, 0.3) is 0 Å². The fraction of sp³-hybridized carbons (Fsp3) is 0.435. The maximum Gasteiger partial charge on any atom is 0.161 e. The van der Waals surface area contributed by atoms with Crippen LogP contribution in [0.15, 0.2) is 47.6 Å². The van der Waals surface area contributed by atoms with Gasteiger partial charge in [0.2, 0.25) is 0 Å². The number of fused-ring (bicyclic) bond motifs is 1. The molecule has 154 valence electrons. The molecule has 1 aliphatic heterocycles. The number of rotatable bonds is 5. The molecule has 5 nitrogen and oxygen atoms in total. The molecule has 1 N–H and O–H groups in total. The van der Waals surface area contributed by atoms with Crippen molar-refractivity contribution in [2.75, 3.05) is 33.2 Å². The van der Waals surface area contributed by atoms with Gasteiger partial charge in [-0.25, -0.2) is 0 Å². The molecule has 0 radical (unpaired) electrons. The predicted molar refractivity (Wildman–Crippen MR) is 119 cm³/mol. The minimum Gasteiger partial charge on any atom is -0.493 e. The third-order valence-corrected chi connectivity index (χ3v) is 6.77. The number of halogens is 1. The van der Waals surface area contributed by atoms with Crippen LogP contribution in [0.2, 0.25) is 5.02 Å². The third-order valence-electron chi connectivity index (χ3n) is 6.52. The first-order valence-electron chi connectivity index (χ1n) is 10.1. The molecule has 1 saturated heterocycles. The topological polar surface area (TPSA) is 46.1 Å². The number of methoxy groups -OCH3 is 2. The van der Waals surface area contributed by atoms with Gasteiger partial charge in [-0.3, -0.25) is 5.43 Å². The second-order valence-electron chi connectivity index (χ2n) is 7.97. The van der Waals surface area contributed by atoms with Crippen LogP contribution < -0.4 is 14.9 Å². The first-order valence-corrected chi connectivity index (χ1v) is 10.4. The fourth-order valence-electron chi connectivity index (χ4n) is 4.85. The van der Waals surface area contributed by atoms with Crippen molar-refractivity contribution in [1.82, 2.24) is 4.90 Å². The lowest BCUT2D eigenvalue weighted by atomic mass is 9.65. The molecular formula is C23H28ClN3O2. The summed E-state index contributed by atoms with van der Waals surface area (Å²) in [6.07, 6.45) is 4.19. The molecule has 0 spiro atoms. The van der Waals surface area contributed by atoms with E-state index in [0.29, 0.717) is 6.04 Å². The van der Waals surface area contributed by atoms with Crippen molar-refractivity contribution in [2.24, 2.45) is 5.10 Å². The quantitative estimate of drug-likeness (QED) is 0.704. The van der Waals surface area contributed by atoms with Crippen LogP contribution in [-0.2, 0) is 5.41 Å². The number of hydrogen-bond donors (Lipinski definition) is 1. The SMILES string of the molecule is COc1ccc([C@@]23CC/C(=N\Nc4ccc(Cl)cc4)C[C@@H]2N(C)CC3)cc1OC.